The third-order valence-electron chi connectivity index (χ3n) is 7.17. The average molecular weight is 523 g/mol. The van der Waals surface area contributed by atoms with E-state index in [1.165, 1.54) is 42.8 Å². The highest BCUT2D eigenvalue weighted by Crippen LogP contribution is 2.37. The Morgan fingerprint density at radius 2 is 1.83 bits per heavy atom. The Bertz CT molecular complexity index is 1000. The fourth-order valence-corrected chi connectivity index (χ4v) is 6.38. The molecule has 3 aliphatic rings. The first-order chi connectivity index (χ1) is 17.4. The van der Waals surface area contributed by atoms with Gasteiger partial charge in [0, 0.05) is 25.6 Å². The van der Waals surface area contributed by atoms with Crippen LogP contribution < -0.4 is 10.1 Å². The van der Waals surface area contributed by atoms with Crippen LogP contribution in [0.4, 0.5) is 0 Å². The van der Waals surface area contributed by atoms with E-state index in [-0.39, 0.29) is 49.1 Å². The van der Waals surface area contributed by atoms with E-state index >= 15 is 0 Å². The lowest BCUT2D eigenvalue weighted by atomic mass is 9.77. The van der Waals surface area contributed by atoms with Crippen molar-refractivity contribution < 1.29 is 32.5 Å². The molecule has 1 aliphatic heterocycles. The molecular weight excluding hydrogens is 484 g/mol. The maximum Gasteiger partial charge on any atom is 0.286 e. The lowest BCUT2D eigenvalue weighted by molar-refractivity contribution is -0.151. The number of aliphatic hydroxyl groups excluding tert-OH is 1. The van der Waals surface area contributed by atoms with Gasteiger partial charge in [-0.05, 0) is 67.9 Å². The molecule has 9 nitrogen and oxygen atoms in total. The van der Waals surface area contributed by atoms with Gasteiger partial charge in [0.05, 0.1) is 25.2 Å². The number of hydrogen-bond donors (Lipinski definition) is 2. The molecular formula is C26H38N2O7S. The first-order valence-electron chi connectivity index (χ1n) is 13.0. The normalized spacial score (nSPS) is 23.1. The van der Waals surface area contributed by atoms with Gasteiger partial charge in [-0.1, -0.05) is 19.3 Å². The number of allylic oxidation sites excluding steroid dienone is 1. The lowest BCUT2D eigenvalue weighted by Crippen LogP contribution is -2.39. The molecule has 2 aliphatic carbocycles. The van der Waals surface area contributed by atoms with Gasteiger partial charge in [0.25, 0.3) is 5.91 Å². The number of rotatable bonds is 12. The van der Waals surface area contributed by atoms with Crippen molar-refractivity contribution >= 4 is 15.9 Å². The number of amides is 1. The first-order valence-corrected chi connectivity index (χ1v) is 14.4. The van der Waals surface area contributed by atoms with E-state index < -0.39 is 16.3 Å². The highest BCUT2D eigenvalue weighted by Gasteiger charge is 2.35. The Labute approximate surface area is 213 Å². The molecule has 0 unspecified atom stereocenters. The summed E-state index contributed by atoms with van der Waals surface area (Å²) in [7, 11) is -2.31. The van der Waals surface area contributed by atoms with Crippen molar-refractivity contribution in [2.75, 3.05) is 33.4 Å². The summed E-state index contributed by atoms with van der Waals surface area (Å²) in [6.45, 7) is -0.235. The van der Waals surface area contributed by atoms with Gasteiger partial charge >= 0.3 is 0 Å². The molecule has 0 aromatic heterocycles. The fraction of sp³-hybridized carbons (Fsp3) is 0.654. The molecule has 0 spiro atoms. The molecule has 1 heterocycles. The van der Waals surface area contributed by atoms with Crippen molar-refractivity contribution in [1.82, 2.24) is 9.62 Å². The van der Waals surface area contributed by atoms with E-state index in [0.29, 0.717) is 23.8 Å². The van der Waals surface area contributed by atoms with E-state index in [1.54, 1.807) is 12.1 Å². The van der Waals surface area contributed by atoms with Crippen molar-refractivity contribution in [3.63, 3.8) is 0 Å². The maximum atomic E-state index is 13.1. The largest absolute Gasteiger partial charge is 0.497 e. The summed E-state index contributed by atoms with van der Waals surface area (Å²) in [5.74, 6) is 1.37. The number of carbonyl (C=O) groups is 1. The molecule has 200 valence electrons. The van der Waals surface area contributed by atoms with Crippen molar-refractivity contribution in [2.24, 2.45) is 11.8 Å². The second-order valence-electron chi connectivity index (χ2n) is 9.80. The predicted molar refractivity (Wildman–Crippen MR) is 134 cm³/mol. The molecule has 2 N–H and O–H groups in total. The van der Waals surface area contributed by atoms with Crippen molar-refractivity contribution in [3.8, 4) is 5.75 Å². The van der Waals surface area contributed by atoms with E-state index in [0.717, 1.165) is 25.7 Å². The molecule has 1 amide bonds. The van der Waals surface area contributed by atoms with Crippen LogP contribution in [-0.4, -0.2) is 69.5 Å². The van der Waals surface area contributed by atoms with Crippen LogP contribution in [0, 0.1) is 11.8 Å². The zero-order valence-corrected chi connectivity index (χ0v) is 21.8. The Morgan fingerprint density at radius 1 is 1.11 bits per heavy atom. The van der Waals surface area contributed by atoms with Gasteiger partial charge in [0.15, 0.2) is 5.76 Å². The summed E-state index contributed by atoms with van der Waals surface area (Å²) in [5.41, 5.74) is 0. The Balaban J connectivity index is 1.39. The fourth-order valence-electron chi connectivity index (χ4n) is 4.97. The summed E-state index contributed by atoms with van der Waals surface area (Å²) in [4.78, 5) is 12.9. The van der Waals surface area contributed by atoms with E-state index in [1.807, 2.05) is 6.08 Å². The zero-order chi connectivity index (χ0) is 25.5. The summed E-state index contributed by atoms with van der Waals surface area (Å²) in [6.07, 6.45) is 9.89. The Hall–Kier alpha value is -2.14. The van der Waals surface area contributed by atoms with Crippen LogP contribution in [-0.2, 0) is 24.3 Å². The number of carbonyl (C=O) groups excluding carboxylic acids is 1. The summed E-state index contributed by atoms with van der Waals surface area (Å²) in [6, 6.07) is 6.36. The van der Waals surface area contributed by atoms with Crippen LogP contribution in [0.2, 0.25) is 0 Å². The number of aliphatic hydroxyl groups is 1. The van der Waals surface area contributed by atoms with Gasteiger partial charge in [-0.2, -0.15) is 4.31 Å². The Kier molecular flexibility index (Phi) is 9.27. The number of ether oxygens (including phenoxy) is 3. The average Bonchev–Trinajstić information content (AvgIpc) is 3.72. The number of sulfonamides is 1. The van der Waals surface area contributed by atoms with Crippen LogP contribution in [0.5, 0.6) is 5.75 Å². The zero-order valence-electron chi connectivity index (χ0n) is 20.9. The quantitative estimate of drug-likeness (QED) is 0.434. The molecule has 2 atom stereocenters. The van der Waals surface area contributed by atoms with Crippen molar-refractivity contribution in [1.29, 1.82) is 0 Å². The summed E-state index contributed by atoms with van der Waals surface area (Å²) in [5, 5.41) is 12.5. The van der Waals surface area contributed by atoms with Gasteiger partial charge in [-0.25, -0.2) is 8.42 Å². The molecule has 0 saturated heterocycles. The van der Waals surface area contributed by atoms with Gasteiger partial charge < -0.3 is 24.6 Å². The molecule has 1 aromatic carbocycles. The smallest absolute Gasteiger partial charge is 0.286 e. The third kappa shape index (κ3) is 7.00. The van der Waals surface area contributed by atoms with Gasteiger partial charge in [0.1, 0.15) is 5.75 Å². The standard InChI is InChI=1S/C26H38N2O7S/c1-33-22-9-11-23(12-10-22)36(31,32)28(13-15-29)14-16-34-25-18-20(19-5-3-2-4-6-19)17-24(35-25)26(30)27-21-7-8-21/h9-12,17,19-21,25,29H,2-8,13-16,18H2,1H3,(H,27,30)/t20-,25+/m0/s1. The SMILES string of the molecule is COc1ccc(S(=O)(=O)N(CCO)CCO[C@H]2C[C@@H](C3CCCCC3)C=C(C(=O)NC3CC3)O2)cc1. The molecule has 0 bridgehead atoms. The lowest BCUT2D eigenvalue weighted by Gasteiger charge is -2.35. The molecule has 2 fully saturated rings. The maximum absolute atomic E-state index is 13.1. The van der Waals surface area contributed by atoms with E-state index in [9.17, 15) is 18.3 Å². The molecule has 0 radical (unpaired) electrons. The number of nitrogens with one attached hydrogen (secondary N) is 1. The summed E-state index contributed by atoms with van der Waals surface area (Å²) < 4.78 is 44.5. The van der Waals surface area contributed by atoms with Crippen molar-refractivity contribution in [3.05, 3.63) is 36.1 Å². The first kappa shape index (κ1) is 26.9. The van der Waals surface area contributed by atoms with Gasteiger partial charge in [-0.15, -0.1) is 0 Å². The van der Waals surface area contributed by atoms with Crippen molar-refractivity contribution in [2.45, 2.75) is 68.6 Å². The Morgan fingerprint density at radius 3 is 2.47 bits per heavy atom. The molecule has 2 saturated carbocycles. The van der Waals surface area contributed by atoms with Crippen LogP contribution in [0.1, 0.15) is 51.4 Å². The highest BCUT2D eigenvalue weighted by atomic mass is 32.2. The van der Waals surface area contributed by atoms with Crippen LogP contribution in [0.3, 0.4) is 0 Å². The molecule has 4 rings (SSSR count). The molecule has 10 heteroatoms. The number of nitrogens with zero attached hydrogens (tertiary/aromatic N) is 1. The number of benzene rings is 1. The topological polar surface area (TPSA) is 114 Å². The van der Waals surface area contributed by atoms with Gasteiger partial charge in [0.2, 0.25) is 16.3 Å². The summed E-state index contributed by atoms with van der Waals surface area (Å²) >= 11 is 0. The van der Waals surface area contributed by atoms with E-state index in [4.69, 9.17) is 14.2 Å². The minimum Gasteiger partial charge on any atom is -0.497 e. The monoisotopic (exact) mass is 522 g/mol. The van der Waals surface area contributed by atoms with E-state index in [2.05, 4.69) is 5.32 Å². The second-order valence-corrected chi connectivity index (χ2v) is 11.7. The van der Waals surface area contributed by atoms with Crippen LogP contribution in [0.25, 0.3) is 0 Å². The van der Waals surface area contributed by atoms with Crippen LogP contribution >= 0.6 is 0 Å². The minimum absolute atomic E-state index is 0.0518. The molecule has 1 aromatic rings. The van der Waals surface area contributed by atoms with Gasteiger partial charge in [-0.3, -0.25) is 4.79 Å². The second kappa shape index (κ2) is 12.4. The van der Waals surface area contributed by atoms with Crippen LogP contribution in [0.15, 0.2) is 41.0 Å². The number of hydrogen-bond acceptors (Lipinski definition) is 7. The predicted octanol–water partition coefficient (Wildman–Crippen LogP) is 2.80. The third-order valence-corrected chi connectivity index (χ3v) is 9.08. The minimum atomic E-state index is -3.83. The number of methoxy groups -OCH3 is 1. The molecule has 36 heavy (non-hydrogen) atoms. The highest BCUT2D eigenvalue weighted by molar-refractivity contribution is 7.89.